The molecule has 0 spiro atoms. The maximum absolute atomic E-state index is 13.4. The van der Waals surface area contributed by atoms with Gasteiger partial charge < -0.3 is 10.2 Å². The van der Waals surface area contributed by atoms with Crippen LogP contribution >= 0.6 is 46.4 Å². The Kier molecular flexibility index (Phi) is 9.30. The first kappa shape index (κ1) is 24.8. The van der Waals surface area contributed by atoms with Crippen LogP contribution in [0, 0.1) is 0 Å². The molecule has 2 aromatic rings. The van der Waals surface area contributed by atoms with Crippen LogP contribution in [-0.2, 0) is 22.6 Å². The van der Waals surface area contributed by atoms with Crippen molar-refractivity contribution in [2.24, 2.45) is 0 Å². The van der Waals surface area contributed by atoms with E-state index in [9.17, 15) is 9.59 Å². The van der Waals surface area contributed by atoms with Crippen molar-refractivity contribution in [3.05, 3.63) is 67.6 Å². The Morgan fingerprint density at radius 2 is 1.37 bits per heavy atom. The Morgan fingerprint density at radius 3 is 1.80 bits per heavy atom. The third kappa shape index (κ3) is 6.27. The predicted molar refractivity (Wildman–Crippen MR) is 125 cm³/mol. The van der Waals surface area contributed by atoms with Crippen molar-refractivity contribution < 1.29 is 9.59 Å². The molecule has 30 heavy (non-hydrogen) atoms. The Balaban J connectivity index is 2.43. The van der Waals surface area contributed by atoms with Crippen LogP contribution in [0.4, 0.5) is 0 Å². The highest BCUT2D eigenvalue weighted by atomic mass is 35.5. The maximum atomic E-state index is 13.4. The minimum atomic E-state index is -0.700. The molecule has 0 aliphatic carbocycles. The molecule has 0 bridgehead atoms. The summed E-state index contributed by atoms with van der Waals surface area (Å²) in [7, 11) is 0. The van der Waals surface area contributed by atoms with Crippen molar-refractivity contribution in [3.8, 4) is 0 Å². The van der Waals surface area contributed by atoms with Crippen molar-refractivity contribution in [3.63, 3.8) is 0 Å². The Hall–Kier alpha value is -1.46. The number of rotatable bonds is 8. The lowest BCUT2D eigenvalue weighted by atomic mass is 10.1. The number of carbonyl (C=O) groups is 2. The fraction of sp³-hybridized carbons (Fsp3) is 0.364. The molecule has 2 amide bonds. The van der Waals surface area contributed by atoms with Gasteiger partial charge in [0.25, 0.3) is 0 Å². The number of benzene rings is 2. The molecule has 1 N–H and O–H groups in total. The van der Waals surface area contributed by atoms with E-state index in [0.29, 0.717) is 37.6 Å². The molecule has 0 aromatic heterocycles. The zero-order valence-electron chi connectivity index (χ0n) is 17.0. The lowest BCUT2D eigenvalue weighted by molar-refractivity contribution is -0.141. The summed E-state index contributed by atoms with van der Waals surface area (Å²) in [6.45, 7) is 5.67. The normalized spacial score (nSPS) is 12.0. The van der Waals surface area contributed by atoms with Crippen molar-refractivity contribution in [2.75, 3.05) is 0 Å². The molecular formula is C22H24Cl4N2O2. The number of carbonyl (C=O) groups excluding carboxylic acids is 2. The molecular weight excluding hydrogens is 466 g/mol. The number of nitrogens with one attached hydrogen (secondary N) is 1. The fourth-order valence-corrected chi connectivity index (χ4v) is 4.16. The summed E-state index contributed by atoms with van der Waals surface area (Å²) < 4.78 is 0. The molecule has 0 fully saturated rings. The van der Waals surface area contributed by atoms with Crippen LogP contribution in [0.15, 0.2) is 36.4 Å². The van der Waals surface area contributed by atoms with Crippen LogP contribution in [0.25, 0.3) is 0 Å². The molecule has 0 saturated carbocycles. The van der Waals surface area contributed by atoms with Crippen LogP contribution in [0.1, 0.15) is 38.3 Å². The molecule has 162 valence electrons. The van der Waals surface area contributed by atoms with Gasteiger partial charge in [0, 0.05) is 38.2 Å². The summed E-state index contributed by atoms with van der Waals surface area (Å²) >= 11 is 25.2. The standard InChI is InChI=1S/C22H24Cl4N2O2/c1-4-20(22(30)27-13(2)3)28(12-15-18(25)9-6-10-19(15)26)21(29)11-14-16(23)7-5-8-17(14)24/h5-10,13,20H,4,11-12H2,1-3H3,(H,27,30). The largest absolute Gasteiger partial charge is 0.352 e. The zero-order chi connectivity index (χ0) is 22.4. The zero-order valence-corrected chi connectivity index (χ0v) is 20.0. The van der Waals surface area contributed by atoms with E-state index in [2.05, 4.69) is 5.32 Å². The van der Waals surface area contributed by atoms with Gasteiger partial charge in [0.2, 0.25) is 11.8 Å². The first-order chi connectivity index (χ1) is 14.1. The highest BCUT2D eigenvalue weighted by molar-refractivity contribution is 6.36. The molecule has 2 rings (SSSR count). The minimum Gasteiger partial charge on any atom is -0.352 e. The molecule has 0 heterocycles. The summed E-state index contributed by atoms with van der Waals surface area (Å²) in [5, 5.41) is 4.52. The Bertz CT molecular complexity index is 878. The van der Waals surface area contributed by atoms with Crippen LogP contribution in [-0.4, -0.2) is 28.8 Å². The Labute approximate surface area is 197 Å². The average molecular weight is 490 g/mol. The summed E-state index contributed by atoms with van der Waals surface area (Å²) in [6.07, 6.45) is 0.370. The topological polar surface area (TPSA) is 49.4 Å². The molecule has 1 atom stereocenters. The first-order valence-corrected chi connectivity index (χ1v) is 11.1. The average Bonchev–Trinajstić information content (AvgIpc) is 2.66. The van der Waals surface area contributed by atoms with E-state index < -0.39 is 6.04 Å². The fourth-order valence-electron chi connectivity index (χ4n) is 3.11. The van der Waals surface area contributed by atoms with Gasteiger partial charge in [0.05, 0.1) is 6.42 Å². The maximum Gasteiger partial charge on any atom is 0.243 e. The van der Waals surface area contributed by atoms with E-state index in [1.54, 1.807) is 36.4 Å². The molecule has 1 unspecified atom stereocenters. The van der Waals surface area contributed by atoms with Gasteiger partial charge in [-0.3, -0.25) is 9.59 Å². The van der Waals surface area contributed by atoms with Gasteiger partial charge in [-0.1, -0.05) is 65.5 Å². The molecule has 0 radical (unpaired) electrons. The third-order valence-corrected chi connectivity index (χ3v) is 6.01. The van der Waals surface area contributed by atoms with Crippen molar-refractivity contribution in [2.45, 2.75) is 52.2 Å². The number of hydrogen-bond acceptors (Lipinski definition) is 2. The van der Waals surface area contributed by atoms with E-state index in [4.69, 9.17) is 46.4 Å². The van der Waals surface area contributed by atoms with Gasteiger partial charge in [-0.15, -0.1) is 0 Å². The van der Waals surface area contributed by atoms with Crippen molar-refractivity contribution in [1.29, 1.82) is 0 Å². The quantitative estimate of drug-likeness (QED) is 0.481. The van der Waals surface area contributed by atoms with Crippen molar-refractivity contribution >= 4 is 58.2 Å². The molecule has 8 heteroatoms. The van der Waals surface area contributed by atoms with Crippen LogP contribution < -0.4 is 5.32 Å². The smallest absolute Gasteiger partial charge is 0.243 e. The number of hydrogen-bond donors (Lipinski definition) is 1. The second kappa shape index (κ2) is 11.2. The van der Waals surface area contributed by atoms with Gasteiger partial charge in [-0.25, -0.2) is 0 Å². The number of amides is 2. The SMILES string of the molecule is CCC(C(=O)NC(C)C)N(Cc1c(Cl)cccc1Cl)C(=O)Cc1c(Cl)cccc1Cl. The van der Waals surface area contributed by atoms with Crippen molar-refractivity contribution in [1.82, 2.24) is 10.2 Å². The van der Waals surface area contributed by atoms with Gasteiger partial charge in [0.15, 0.2) is 0 Å². The first-order valence-electron chi connectivity index (χ1n) is 9.61. The van der Waals surface area contributed by atoms with E-state index in [1.807, 2.05) is 20.8 Å². The van der Waals surface area contributed by atoms with Gasteiger partial charge in [-0.2, -0.15) is 0 Å². The second-order valence-corrected chi connectivity index (χ2v) is 8.81. The Morgan fingerprint density at radius 1 is 0.900 bits per heavy atom. The number of nitrogens with zero attached hydrogens (tertiary/aromatic N) is 1. The second-order valence-electron chi connectivity index (χ2n) is 7.19. The molecule has 4 nitrogen and oxygen atoms in total. The van der Waals surface area contributed by atoms with Crippen LogP contribution in [0.5, 0.6) is 0 Å². The molecule has 2 aromatic carbocycles. The lowest BCUT2D eigenvalue weighted by Crippen LogP contribution is -2.50. The van der Waals surface area contributed by atoms with E-state index in [-0.39, 0.29) is 30.8 Å². The van der Waals surface area contributed by atoms with Crippen LogP contribution in [0.2, 0.25) is 20.1 Å². The van der Waals surface area contributed by atoms with Gasteiger partial charge >= 0.3 is 0 Å². The van der Waals surface area contributed by atoms with E-state index in [0.717, 1.165) is 0 Å². The molecule has 0 saturated heterocycles. The third-order valence-electron chi connectivity index (χ3n) is 4.60. The van der Waals surface area contributed by atoms with E-state index in [1.165, 1.54) is 4.90 Å². The summed E-state index contributed by atoms with van der Waals surface area (Å²) in [5.74, 6) is -0.541. The van der Waals surface area contributed by atoms with E-state index >= 15 is 0 Å². The van der Waals surface area contributed by atoms with Gasteiger partial charge in [0.1, 0.15) is 6.04 Å². The monoisotopic (exact) mass is 488 g/mol. The predicted octanol–water partition coefficient (Wildman–Crippen LogP) is 6.17. The summed E-state index contributed by atoms with van der Waals surface area (Å²) in [4.78, 5) is 27.7. The highest BCUT2D eigenvalue weighted by Crippen LogP contribution is 2.29. The summed E-state index contributed by atoms with van der Waals surface area (Å²) in [5.41, 5.74) is 1.09. The van der Waals surface area contributed by atoms with Crippen LogP contribution in [0.3, 0.4) is 0 Å². The minimum absolute atomic E-state index is 0.0496. The summed E-state index contributed by atoms with van der Waals surface area (Å²) in [6, 6.07) is 9.43. The molecule has 0 aliphatic heterocycles. The highest BCUT2D eigenvalue weighted by Gasteiger charge is 2.30. The lowest BCUT2D eigenvalue weighted by Gasteiger charge is -2.32. The molecule has 0 aliphatic rings. The number of halogens is 4. The van der Waals surface area contributed by atoms with Gasteiger partial charge in [-0.05, 0) is 50.1 Å².